The number of amides is 3. The summed E-state index contributed by atoms with van der Waals surface area (Å²) in [5.74, 6) is -2.47. The summed E-state index contributed by atoms with van der Waals surface area (Å²) in [6, 6.07) is 7.56. The van der Waals surface area contributed by atoms with Crippen molar-refractivity contribution in [2.24, 2.45) is 5.92 Å². The van der Waals surface area contributed by atoms with Crippen LogP contribution in [0.2, 0.25) is 0 Å². The number of hydrogen-bond acceptors (Lipinski definition) is 7. The number of allylic oxidation sites excluding steroid dienone is 1. The van der Waals surface area contributed by atoms with Crippen molar-refractivity contribution in [2.45, 2.75) is 55.7 Å². The molecule has 16 heteroatoms. The summed E-state index contributed by atoms with van der Waals surface area (Å²) in [7, 11) is -5.25. The summed E-state index contributed by atoms with van der Waals surface area (Å²) >= 11 is 0. The number of halogens is 5. The van der Waals surface area contributed by atoms with Crippen molar-refractivity contribution in [3.05, 3.63) is 77.2 Å². The molecule has 1 aromatic heterocycles. The van der Waals surface area contributed by atoms with Crippen molar-refractivity contribution < 1.29 is 48.9 Å². The predicted octanol–water partition coefficient (Wildman–Crippen LogP) is 4.57. The highest BCUT2D eigenvalue weighted by Crippen LogP contribution is 2.33. The van der Waals surface area contributed by atoms with Gasteiger partial charge in [-0.25, -0.2) is 13.8 Å². The zero-order valence-electron chi connectivity index (χ0n) is 24.8. The minimum absolute atomic E-state index is 0.0544. The summed E-state index contributed by atoms with van der Waals surface area (Å²) in [5, 5.41) is 5.46. The first-order chi connectivity index (χ1) is 22.1. The maximum Gasteiger partial charge on any atom is 0.537 e. The SMILES string of the molecule is C[C@H](NC(=O)[C@@H]1C[C@@H](F)CN1C(=O)CNC(=O)c1ccc2cc(F)ccc2n1)c1cc(S(=O)(=O)OC(F)(F)F)ccc1/C=C/C1CC1. The molecule has 10 nitrogen and oxygen atoms in total. The van der Waals surface area contributed by atoms with Crippen LogP contribution in [0.5, 0.6) is 0 Å². The van der Waals surface area contributed by atoms with E-state index in [2.05, 4.69) is 19.8 Å². The molecule has 2 fully saturated rings. The van der Waals surface area contributed by atoms with Gasteiger partial charge in [0.2, 0.25) is 11.8 Å². The number of rotatable bonds is 10. The van der Waals surface area contributed by atoms with Gasteiger partial charge in [-0.05, 0) is 73.2 Å². The molecule has 1 aliphatic carbocycles. The summed E-state index contributed by atoms with van der Waals surface area (Å²) in [6.07, 6.45) is -1.96. The molecule has 0 bridgehead atoms. The van der Waals surface area contributed by atoms with Crippen molar-refractivity contribution in [3.63, 3.8) is 0 Å². The van der Waals surface area contributed by atoms with Crippen LogP contribution in [-0.2, 0) is 23.9 Å². The third-order valence-corrected chi connectivity index (χ3v) is 8.94. The molecule has 2 N–H and O–H groups in total. The number of benzene rings is 2. The summed E-state index contributed by atoms with van der Waals surface area (Å²) in [5.41, 5.74) is 0.862. The molecule has 250 valence electrons. The predicted molar refractivity (Wildman–Crippen MR) is 158 cm³/mol. The van der Waals surface area contributed by atoms with E-state index in [1.54, 1.807) is 6.08 Å². The van der Waals surface area contributed by atoms with Gasteiger partial charge in [0, 0.05) is 11.8 Å². The Balaban J connectivity index is 1.28. The Morgan fingerprint density at radius 1 is 1.11 bits per heavy atom. The van der Waals surface area contributed by atoms with Crippen LogP contribution in [0.25, 0.3) is 17.0 Å². The van der Waals surface area contributed by atoms with Gasteiger partial charge in [-0.3, -0.25) is 14.4 Å². The van der Waals surface area contributed by atoms with Crippen molar-refractivity contribution in [1.82, 2.24) is 20.5 Å². The summed E-state index contributed by atoms with van der Waals surface area (Å²) in [6.45, 7) is 0.435. The fraction of sp³-hybridized carbons (Fsp3) is 0.355. The average Bonchev–Trinajstić information content (AvgIpc) is 3.75. The van der Waals surface area contributed by atoms with Gasteiger partial charge < -0.3 is 15.5 Å². The monoisotopic (exact) mass is 680 g/mol. The number of fused-ring (bicyclic) bond motifs is 1. The van der Waals surface area contributed by atoms with E-state index < -0.39 is 76.3 Å². The molecule has 0 radical (unpaired) electrons. The smallest absolute Gasteiger partial charge is 0.348 e. The second-order valence-corrected chi connectivity index (χ2v) is 12.9. The molecule has 3 atom stereocenters. The molecule has 2 aliphatic rings. The van der Waals surface area contributed by atoms with Crippen molar-refractivity contribution in [1.29, 1.82) is 0 Å². The average molecular weight is 681 g/mol. The minimum atomic E-state index is -5.46. The van der Waals surface area contributed by atoms with E-state index in [1.165, 1.54) is 43.3 Å². The number of carbonyl (C=O) groups excluding carboxylic acids is 3. The lowest BCUT2D eigenvalue weighted by Crippen LogP contribution is -2.49. The topological polar surface area (TPSA) is 135 Å². The molecule has 1 saturated carbocycles. The lowest BCUT2D eigenvalue weighted by atomic mass is 10.00. The van der Waals surface area contributed by atoms with E-state index >= 15 is 0 Å². The maximum atomic E-state index is 14.5. The van der Waals surface area contributed by atoms with E-state index in [4.69, 9.17) is 0 Å². The molecular formula is C31H29F5N4O6S. The van der Waals surface area contributed by atoms with Crippen LogP contribution in [0, 0.1) is 11.7 Å². The third-order valence-electron chi connectivity index (χ3n) is 7.70. The Hall–Kier alpha value is -4.44. The van der Waals surface area contributed by atoms with Gasteiger partial charge in [-0.1, -0.05) is 24.3 Å². The molecule has 0 spiro atoms. The van der Waals surface area contributed by atoms with Crippen LogP contribution in [0.1, 0.15) is 53.8 Å². The standard InChI is InChI=1S/C31H29F5N4O6S/c1-17(24-14-23(47(44,45)46-31(34,35)36)9-6-19(24)5-4-18-2-3-18)38-30(43)27-13-22(33)16-40(27)28(41)15-37-29(42)26-10-7-20-12-21(32)8-11-25(20)39-26/h4-12,14,17-18,22,27H,2-3,13,15-16H2,1H3,(H,37,42)(H,38,43)/b5-4+/t17-,22+,27-/m0/s1. The molecular weight excluding hydrogens is 651 g/mol. The Labute approximate surface area is 266 Å². The summed E-state index contributed by atoms with van der Waals surface area (Å²) < 4.78 is 94.1. The summed E-state index contributed by atoms with van der Waals surface area (Å²) in [4.78, 5) is 43.4. The number of pyridine rings is 1. The van der Waals surface area contributed by atoms with Crippen LogP contribution in [0.3, 0.4) is 0 Å². The molecule has 0 unspecified atom stereocenters. The molecule has 1 aliphatic heterocycles. The fourth-order valence-corrected chi connectivity index (χ4v) is 6.05. The Morgan fingerprint density at radius 3 is 2.55 bits per heavy atom. The van der Waals surface area contributed by atoms with Gasteiger partial charge in [-0.15, -0.1) is 13.2 Å². The van der Waals surface area contributed by atoms with Crippen LogP contribution in [0.4, 0.5) is 22.0 Å². The Morgan fingerprint density at radius 2 is 1.85 bits per heavy atom. The minimum Gasteiger partial charge on any atom is -0.348 e. The van der Waals surface area contributed by atoms with Gasteiger partial charge in [0.15, 0.2) is 0 Å². The van der Waals surface area contributed by atoms with Crippen LogP contribution in [-0.4, -0.2) is 67.7 Å². The third kappa shape index (κ3) is 8.48. The maximum absolute atomic E-state index is 14.5. The van der Waals surface area contributed by atoms with E-state index in [0.717, 1.165) is 29.9 Å². The van der Waals surface area contributed by atoms with Gasteiger partial charge >= 0.3 is 16.5 Å². The van der Waals surface area contributed by atoms with E-state index in [-0.39, 0.29) is 17.7 Å². The molecule has 2 heterocycles. The number of aromatic nitrogens is 1. The zero-order valence-corrected chi connectivity index (χ0v) is 25.6. The van der Waals surface area contributed by atoms with Crippen molar-refractivity contribution in [2.75, 3.05) is 13.1 Å². The van der Waals surface area contributed by atoms with Crippen LogP contribution >= 0.6 is 0 Å². The highest BCUT2D eigenvalue weighted by atomic mass is 32.2. The van der Waals surface area contributed by atoms with E-state index in [0.29, 0.717) is 22.4 Å². The van der Waals surface area contributed by atoms with Gasteiger partial charge in [0.25, 0.3) is 5.91 Å². The molecule has 2 aromatic carbocycles. The zero-order chi connectivity index (χ0) is 34.1. The molecule has 3 aromatic rings. The molecule has 5 rings (SSSR count). The Bertz CT molecular complexity index is 1850. The normalized spacial score (nSPS) is 19.2. The van der Waals surface area contributed by atoms with Crippen LogP contribution in [0.15, 0.2) is 59.5 Å². The largest absolute Gasteiger partial charge is 0.537 e. The number of hydrogen-bond donors (Lipinski definition) is 2. The van der Waals surface area contributed by atoms with Crippen LogP contribution < -0.4 is 10.6 Å². The van der Waals surface area contributed by atoms with Gasteiger partial charge in [0.1, 0.15) is 23.7 Å². The number of nitrogens with one attached hydrogen (secondary N) is 2. The molecule has 3 amide bonds. The molecule has 47 heavy (non-hydrogen) atoms. The highest BCUT2D eigenvalue weighted by Gasteiger charge is 2.41. The first kappa shape index (κ1) is 33.9. The van der Waals surface area contributed by atoms with Gasteiger partial charge in [0.05, 0.1) is 29.5 Å². The second kappa shape index (κ2) is 13.4. The van der Waals surface area contributed by atoms with Crippen molar-refractivity contribution >= 4 is 44.8 Å². The van der Waals surface area contributed by atoms with Crippen molar-refractivity contribution in [3.8, 4) is 0 Å². The highest BCUT2D eigenvalue weighted by molar-refractivity contribution is 7.86. The first-order valence-corrected chi connectivity index (χ1v) is 15.9. The number of carbonyl (C=O) groups is 3. The fourth-order valence-electron chi connectivity index (χ4n) is 5.20. The van der Waals surface area contributed by atoms with Gasteiger partial charge in [-0.2, -0.15) is 12.6 Å². The molecule has 1 saturated heterocycles. The quantitative estimate of drug-likeness (QED) is 0.237. The number of alkyl halides is 4. The van der Waals surface area contributed by atoms with E-state index in [1.807, 2.05) is 6.08 Å². The Kier molecular flexibility index (Phi) is 9.63. The lowest BCUT2D eigenvalue weighted by molar-refractivity contribution is -0.271. The van der Waals surface area contributed by atoms with E-state index in [9.17, 15) is 44.8 Å². The second-order valence-electron chi connectivity index (χ2n) is 11.3. The number of likely N-dealkylation sites (tertiary alicyclic amines) is 1. The number of nitrogens with zero attached hydrogens (tertiary/aromatic N) is 2. The first-order valence-electron chi connectivity index (χ1n) is 14.5. The lowest BCUT2D eigenvalue weighted by Gasteiger charge is -2.26.